The minimum Gasteiger partial charge on any atom is -0.456 e. The Balaban J connectivity index is 1.10. The second kappa shape index (κ2) is 11.5. The summed E-state index contributed by atoms with van der Waals surface area (Å²) in [7, 11) is 0. The van der Waals surface area contributed by atoms with E-state index in [0.717, 1.165) is 72.1 Å². The van der Waals surface area contributed by atoms with Gasteiger partial charge in [0.1, 0.15) is 22.3 Å². The van der Waals surface area contributed by atoms with Crippen LogP contribution in [0.5, 0.6) is 0 Å². The van der Waals surface area contributed by atoms with Crippen LogP contribution in [0, 0.1) is 0 Å². The molecule has 0 spiro atoms. The van der Waals surface area contributed by atoms with Crippen molar-refractivity contribution in [3.63, 3.8) is 0 Å². The second-order valence-corrected chi connectivity index (χ2v) is 14.3. The van der Waals surface area contributed by atoms with Crippen molar-refractivity contribution in [2.45, 2.75) is 0 Å². The molecule has 0 aliphatic rings. The lowest BCUT2D eigenvalue weighted by Crippen LogP contribution is -2.10. The third kappa shape index (κ3) is 4.45. The van der Waals surface area contributed by atoms with Crippen LogP contribution in [0.4, 0.5) is 17.1 Å². The van der Waals surface area contributed by atoms with Crippen LogP contribution in [0.1, 0.15) is 0 Å². The zero-order chi connectivity index (χ0) is 34.2. The molecule has 0 saturated heterocycles. The van der Waals surface area contributed by atoms with E-state index in [-0.39, 0.29) is 0 Å². The van der Waals surface area contributed by atoms with Crippen LogP contribution in [-0.4, -0.2) is 0 Å². The van der Waals surface area contributed by atoms with Crippen molar-refractivity contribution in [1.82, 2.24) is 0 Å². The molecular weight excluding hydrogens is 655 g/mol. The first-order valence-corrected chi connectivity index (χ1v) is 18.3. The molecule has 0 aliphatic carbocycles. The maximum absolute atomic E-state index is 6.48. The highest BCUT2D eigenvalue weighted by Gasteiger charge is 2.21. The van der Waals surface area contributed by atoms with Gasteiger partial charge in [-0.3, -0.25) is 0 Å². The Kier molecular flexibility index (Phi) is 6.42. The van der Waals surface area contributed by atoms with E-state index in [9.17, 15) is 0 Å². The molecule has 0 saturated carbocycles. The molecule has 0 unspecified atom stereocenters. The number of benzene rings is 8. The van der Waals surface area contributed by atoms with Crippen LogP contribution in [0.3, 0.4) is 0 Å². The summed E-state index contributed by atoms with van der Waals surface area (Å²) in [6.07, 6.45) is 0. The molecule has 52 heavy (non-hydrogen) atoms. The fourth-order valence-corrected chi connectivity index (χ4v) is 9.16. The first kappa shape index (κ1) is 29.1. The Labute approximate surface area is 303 Å². The molecule has 244 valence electrons. The topological polar surface area (TPSA) is 29.5 Å². The molecule has 0 atom stereocenters. The quantitative estimate of drug-likeness (QED) is 0.181. The van der Waals surface area contributed by atoms with E-state index < -0.39 is 0 Å². The molecule has 11 aromatic rings. The van der Waals surface area contributed by atoms with Crippen molar-refractivity contribution in [3.05, 3.63) is 176 Å². The summed E-state index contributed by atoms with van der Waals surface area (Å²) in [5.74, 6) is 0. The number of fused-ring (bicyclic) bond motifs is 9. The molecule has 3 aromatic heterocycles. The van der Waals surface area contributed by atoms with E-state index in [2.05, 4.69) is 157 Å². The van der Waals surface area contributed by atoms with Crippen LogP contribution in [0.2, 0.25) is 0 Å². The Bertz CT molecular complexity index is 3150. The molecule has 0 radical (unpaired) electrons. The third-order valence-electron chi connectivity index (χ3n) is 10.3. The maximum atomic E-state index is 6.48. The average Bonchev–Trinajstić information content (AvgIpc) is 3.90. The molecule has 0 fully saturated rings. The van der Waals surface area contributed by atoms with Gasteiger partial charge in [-0.25, -0.2) is 0 Å². The average molecular weight is 684 g/mol. The van der Waals surface area contributed by atoms with Gasteiger partial charge in [0.05, 0.1) is 11.1 Å². The van der Waals surface area contributed by atoms with Gasteiger partial charge in [0, 0.05) is 53.3 Å². The monoisotopic (exact) mass is 683 g/mol. The molecule has 0 N–H and O–H groups in total. The van der Waals surface area contributed by atoms with Gasteiger partial charge in [-0.15, -0.1) is 11.3 Å². The predicted molar refractivity (Wildman–Crippen MR) is 219 cm³/mol. The lowest BCUT2D eigenvalue weighted by molar-refractivity contribution is 0.669. The molecule has 0 amide bonds. The minimum absolute atomic E-state index is 0.861. The molecule has 0 aliphatic heterocycles. The second-order valence-electron chi connectivity index (χ2n) is 13.2. The lowest BCUT2D eigenvalue weighted by atomic mass is 10.00. The van der Waals surface area contributed by atoms with Gasteiger partial charge < -0.3 is 13.7 Å². The van der Waals surface area contributed by atoms with E-state index in [1.54, 1.807) is 0 Å². The van der Waals surface area contributed by atoms with E-state index in [1.165, 1.54) is 31.3 Å². The molecular formula is C48H29NO2S. The summed E-state index contributed by atoms with van der Waals surface area (Å²) in [4.78, 5) is 2.36. The van der Waals surface area contributed by atoms with Crippen molar-refractivity contribution in [3.8, 4) is 22.3 Å². The van der Waals surface area contributed by atoms with Crippen LogP contribution < -0.4 is 4.90 Å². The van der Waals surface area contributed by atoms with Gasteiger partial charge in [0.2, 0.25) is 0 Å². The van der Waals surface area contributed by atoms with E-state index >= 15 is 0 Å². The van der Waals surface area contributed by atoms with E-state index in [0.29, 0.717) is 0 Å². The summed E-state index contributed by atoms with van der Waals surface area (Å²) >= 11 is 1.86. The van der Waals surface area contributed by atoms with Crippen molar-refractivity contribution in [2.75, 3.05) is 4.90 Å². The molecule has 3 heterocycles. The zero-order valence-corrected chi connectivity index (χ0v) is 28.7. The largest absolute Gasteiger partial charge is 0.456 e. The number of thiophene rings is 1. The fraction of sp³-hybridized carbons (Fsp3) is 0. The minimum atomic E-state index is 0.861. The molecule has 3 nitrogen and oxygen atoms in total. The number of para-hydroxylation sites is 3. The highest BCUT2D eigenvalue weighted by atomic mass is 32.1. The highest BCUT2D eigenvalue weighted by molar-refractivity contribution is 7.26. The van der Waals surface area contributed by atoms with Crippen molar-refractivity contribution < 1.29 is 8.83 Å². The highest BCUT2D eigenvalue weighted by Crippen LogP contribution is 2.46. The Morgan fingerprint density at radius 3 is 1.92 bits per heavy atom. The third-order valence-corrected chi connectivity index (χ3v) is 11.5. The van der Waals surface area contributed by atoms with E-state index in [1.807, 2.05) is 35.6 Å². The number of anilines is 3. The van der Waals surface area contributed by atoms with Gasteiger partial charge in [-0.2, -0.15) is 0 Å². The molecule has 0 bridgehead atoms. The van der Waals surface area contributed by atoms with Crippen LogP contribution in [0.15, 0.2) is 185 Å². The van der Waals surface area contributed by atoms with Gasteiger partial charge in [0.15, 0.2) is 0 Å². The van der Waals surface area contributed by atoms with Crippen molar-refractivity contribution >= 4 is 92.4 Å². The summed E-state index contributed by atoms with van der Waals surface area (Å²) < 4.78 is 15.5. The van der Waals surface area contributed by atoms with Crippen LogP contribution in [-0.2, 0) is 0 Å². The number of rotatable bonds is 5. The predicted octanol–water partition coefficient (Wildman–Crippen LogP) is 14.7. The molecule has 4 heteroatoms. The van der Waals surface area contributed by atoms with Gasteiger partial charge in [-0.05, 0) is 71.3 Å². The summed E-state index contributed by atoms with van der Waals surface area (Å²) in [6, 6.07) is 62.5. The maximum Gasteiger partial charge on any atom is 0.143 e. The van der Waals surface area contributed by atoms with Crippen molar-refractivity contribution in [1.29, 1.82) is 0 Å². The smallest absolute Gasteiger partial charge is 0.143 e. The summed E-state index contributed by atoms with van der Waals surface area (Å²) in [5, 5.41) is 7.04. The molecule has 11 rings (SSSR count). The number of nitrogens with zero attached hydrogens (tertiary/aromatic N) is 1. The van der Waals surface area contributed by atoms with Crippen molar-refractivity contribution in [2.24, 2.45) is 0 Å². The standard InChI is InChI=1S/C48H29NO2S/c1-4-21-42-36(13-1)38-18-8-16-34(47(38)51-42)31-11-7-12-33(29-31)49(41-20-10-23-44-46(41)40-15-2-5-22-43(40)50-44)32-27-25-30(26-28-32)35-17-9-19-39-37-14-3-6-24-45(37)52-48(35)39/h1-29H. The summed E-state index contributed by atoms with van der Waals surface area (Å²) in [5.41, 5.74) is 11.3. The first-order valence-electron chi connectivity index (χ1n) is 17.5. The summed E-state index contributed by atoms with van der Waals surface area (Å²) in [6.45, 7) is 0. The number of hydrogen-bond acceptors (Lipinski definition) is 4. The number of furan rings is 2. The first-order chi connectivity index (χ1) is 25.8. The normalized spacial score (nSPS) is 11.8. The lowest BCUT2D eigenvalue weighted by Gasteiger charge is -2.27. The number of hydrogen-bond donors (Lipinski definition) is 0. The Morgan fingerprint density at radius 2 is 1.06 bits per heavy atom. The van der Waals surface area contributed by atoms with Gasteiger partial charge in [-0.1, -0.05) is 121 Å². The van der Waals surface area contributed by atoms with Crippen LogP contribution >= 0.6 is 11.3 Å². The Hall–Kier alpha value is -6.62. The van der Waals surface area contributed by atoms with Crippen LogP contribution in [0.25, 0.3) is 86.3 Å². The van der Waals surface area contributed by atoms with Gasteiger partial charge >= 0.3 is 0 Å². The van der Waals surface area contributed by atoms with E-state index in [4.69, 9.17) is 8.83 Å². The zero-order valence-electron chi connectivity index (χ0n) is 27.9. The fourth-order valence-electron chi connectivity index (χ4n) is 7.92. The SMILES string of the molecule is c1cc(-c2cccc3c2oc2ccccc23)cc(N(c2ccc(-c3cccc4c3sc3ccccc34)cc2)c2cccc3oc4ccccc4c23)c1. The molecule has 8 aromatic carbocycles. The Morgan fingerprint density at radius 1 is 0.404 bits per heavy atom. The van der Waals surface area contributed by atoms with Gasteiger partial charge in [0.25, 0.3) is 0 Å².